The summed E-state index contributed by atoms with van der Waals surface area (Å²) in [6.07, 6.45) is 5.43. The van der Waals surface area contributed by atoms with Gasteiger partial charge in [0.25, 0.3) is 5.91 Å². The van der Waals surface area contributed by atoms with Crippen molar-refractivity contribution in [1.82, 2.24) is 10.2 Å². The monoisotopic (exact) mass is 585 g/mol. The minimum Gasteiger partial charge on any atom is -0.497 e. The number of amides is 3. The summed E-state index contributed by atoms with van der Waals surface area (Å²) in [5.41, 5.74) is 1.51. The number of thiol groups is 1. The van der Waals surface area contributed by atoms with Gasteiger partial charge in [-0.3, -0.25) is 9.59 Å². The van der Waals surface area contributed by atoms with E-state index in [1.165, 1.54) is 6.42 Å². The van der Waals surface area contributed by atoms with E-state index >= 15 is 0 Å². The van der Waals surface area contributed by atoms with Crippen molar-refractivity contribution in [2.45, 2.75) is 90.8 Å². The van der Waals surface area contributed by atoms with Crippen molar-refractivity contribution in [3.05, 3.63) is 59.7 Å². The average Bonchev–Trinajstić information content (AvgIpc) is 2.92. The zero-order valence-corrected chi connectivity index (χ0v) is 26.3. The third-order valence-electron chi connectivity index (χ3n) is 6.48. The van der Waals surface area contributed by atoms with E-state index in [1.807, 2.05) is 31.2 Å². The molecule has 41 heavy (non-hydrogen) atoms. The summed E-state index contributed by atoms with van der Waals surface area (Å²) in [5.74, 6) is -0.0276. The van der Waals surface area contributed by atoms with Crippen LogP contribution in [0, 0.1) is 6.92 Å². The first-order valence-corrected chi connectivity index (χ1v) is 15.0. The second-order valence-electron chi connectivity index (χ2n) is 11.2. The van der Waals surface area contributed by atoms with E-state index in [0.29, 0.717) is 23.5 Å². The van der Waals surface area contributed by atoms with Crippen molar-refractivity contribution >= 4 is 36.2 Å². The molecule has 3 amide bonds. The predicted octanol–water partition coefficient (Wildman–Crippen LogP) is 6.70. The molecule has 2 rings (SSSR count). The Morgan fingerprint density at radius 2 is 1.63 bits per heavy atom. The molecule has 0 fully saturated rings. The SMILES string of the molecule is CCCCCCCCN(C(=O)C(CS)NC(=O)OC(C)(C)C)C(C(=O)Nc1ccc(OC)cc1)c1cccc(C)c1. The molecule has 0 saturated heterocycles. The first-order chi connectivity index (χ1) is 19.5. The molecule has 0 bridgehead atoms. The average molecular weight is 586 g/mol. The number of benzene rings is 2. The number of nitrogens with one attached hydrogen (secondary N) is 2. The highest BCUT2D eigenvalue weighted by molar-refractivity contribution is 7.80. The largest absolute Gasteiger partial charge is 0.497 e. The van der Waals surface area contributed by atoms with Crippen molar-refractivity contribution in [2.75, 3.05) is 24.7 Å². The van der Waals surface area contributed by atoms with E-state index in [9.17, 15) is 14.4 Å². The van der Waals surface area contributed by atoms with Crippen LogP contribution >= 0.6 is 12.6 Å². The van der Waals surface area contributed by atoms with Gasteiger partial charge in [0.2, 0.25) is 5.91 Å². The zero-order chi connectivity index (χ0) is 30.4. The molecular weight excluding hydrogens is 538 g/mol. The summed E-state index contributed by atoms with van der Waals surface area (Å²) in [6.45, 7) is 9.73. The van der Waals surface area contributed by atoms with Crippen LogP contribution in [0.4, 0.5) is 10.5 Å². The van der Waals surface area contributed by atoms with Gasteiger partial charge >= 0.3 is 6.09 Å². The number of carbonyl (C=O) groups is 3. The van der Waals surface area contributed by atoms with Crippen molar-refractivity contribution < 1.29 is 23.9 Å². The number of aryl methyl sites for hydroxylation is 1. The zero-order valence-electron chi connectivity index (χ0n) is 25.4. The maximum Gasteiger partial charge on any atom is 0.408 e. The molecule has 0 aliphatic heterocycles. The fourth-order valence-electron chi connectivity index (χ4n) is 4.46. The van der Waals surface area contributed by atoms with Gasteiger partial charge in [0.1, 0.15) is 23.4 Å². The van der Waals surface area contributed by atoms with Gasteiger partial charge in [0.15, 0.2) is 0 Å². The van der Waals surface area contributed by atoms with Crippen LogP contribution in [-0.2, 0) is 14.3 Å². The van der Waals surface area contributed by atoms with Crippen LogP contribution in [0.5, 0.6) is 5.75 Å². The topological polar surface area (TPSA) is 97.0 Å². The number of ether oxygens (including phenoxy) is 2. The van der Waals surface area contributed by atoms with Crippen LogP contribution in [-0.4, -0.2) is 53.9 Å². The molecule has 2 unspecified atom stereocenters. The summed E-state index contributed by atoms with van der Waals surface area (Å²) in [7, 11) is 1.58. The fourth-order valence-corrected chi connectivity index (χ4v) is 4.71. The minimum atomic E-state index is -0.977. The third-order valence-corrected chi connectivity index (χ3v) is 6.85. The lowest BCUT2D eigenvalue weighted by molar-refractivity contribution is -0.140. The van der Waals surface area contributed by atoms with Crippen LogP contribution < -0.4 is 15.4 Å². The molecule has 2 aromatic rings. The number of rotatable bonds is 15. The first-order valence-electron chi connectivity index (χ1n) is 14.4. The molecule has 0 spiro atoms. The Labute approximate surface area is 251 Å². The van der Waals surface area contributed by atoms with Crippen LogP contribution in [0.1, 0.15) is 83.4 Å². The number of nitrogens with zero attached hydrogens (tertiary/aromatic N) is 1. The Hall–Kier alpha value is -3.20. The van der Waals surface area contributed by atoms with Crippen molar-refractivity contribution in [1.29, 1.82) is 0 Å². The van der Waals surface area contributed by atoms with Gasteiger partial charge in [-0.2, -0.15) is 12.6 Å². The van der Waals surface area contributed by atoms with Gasteiger partial charge in [-0.05, 0) is 63.9 Å². The van der Waals surface area contributed by atoms with Crippen molar-refractivity contribution in [3.63, 3.8) is 0 Å². The molecule has 2 atom stereocenters. The van der Waals surface area contributed by atoms with E-state index in [1.54, 1.807) is 57.0 Å². The second-order valence-corrected chi connectivity index (χ2v) is 11.6. The summed E-state index contributed by atoms with van der Waals surface area (Å²) in [5, 5.41) is 5.64. The molecule has 0 aliphatic rings. The molecule has 226 valence electrons. The number of hydrogen-bond acceptors (Lipinski definition) is 6. The summed E-state index contributed by atoms with van der Waals surface area (Å²) in [6, 6.07) is 12.7. The maximum atomic E-state index is 14.1. The summed E-state index contributed by atoms with van der Waals surface area (Å²) >= 11 is 4.38. The minimum absolute atomic E-state index is 0.0473. The van der Waals surface area contributed by atoms with Gasteiger partial charge < -0.3 is 25.0 Å². The molecule has 0 heterocycles. The second kappa shape index (κ2) is 16.9. The van der Waals surface area contributed by atoms with E-state index in [-0.39, 0.29) is 11.7 Å². The fraction of sp³-hybridized carbons (Fsp3) is 0.531. The Morgan fingerprint density at radius 3 is 2.22 bits per heavy atom. The standard InChI is InChI=1S/C32H47N3O5S/c1-7-8-9-10-11-12-20-35(30(37)27(22-41)34-31(38)40-32(3,4)5)28(24-15-13-14-23(2)21-24)29(36)33-25-16-18-26(39-6)19-17-25/h13-19,21,27-28,41H,7-12,20,22H2,1-6H3,(H,33,36)(H,34,38). The highest BCUT2D eigenvalue weighted by Gasteiger charge is 2.35. The Kier molecular flexibility index (Phi) is 14.0. The van der Waals surface area contributed by atoms with Crippen LogP contribution in [0.15, 0.2) is 48.5 Å². The molecule has 0 aliphatic carbocycles. The number of anilines is 1. The number of alkyl carbamates (subject to hydrolysis) is 1. The van der Waals surface area contributed by atoms with E-state index in [4.69, 9.17) is 9.47 Å². The van der Waals surface area contributed by atoms with Crippen molar-refractivity contribution in [2.24, 2.45) is 0 Å². The van der Waals surface area contributed by atoms with E-state index in [0.717, 1.165) is 37.7 Å². The Bertz CT molecular complexity index is 1120. The van der Waals surface area contributed by atoms with Crippen molar-refractivity contribution in [3.8, 4) is 5.75 Å². The number of hydrogen-bond donors (Lipinski definition) is 3. The third kappa shape index (κ3) is 11.7. The smallest absolute Gasteiger partial charge is 0.408 e. The maximum absolute atomic E-state index is 14.1. The number of methoxy groups -OCH3 is 1. The molecule has 8 nitrogen and oxygen atoms in total. The quantitative estimate of drug-likeness (QED) is 0.160. The molecule has 2 aromatic carbocycles. The lowest BCUT2D eigenvalue weighted by atomic mass is 10.00. The van der Waals surface area contributed by atoms with Crippen LogP contribution in [0.2, 0.25) is 0 Å². The van der Waals surface area contributed by atoms with Crippen LogP contribution in [0.25, 0.3) is 0 Å². The highest BCUT2D eigenvalue weighted by Crippen LogP contribution is 2.27. The van der Waals surface area contributed by atoms with E-state index in [2.05, 4.69) is 30.2 Å². The molecule has 0 saturated carbocycles. The number of carbonyl (C=O) groups excluding carboxylic acids is 3. The molecular formula is C32H47N3O5S. The van der Waals surface area contributed by atoms with Gasteiger partial charge in [-0.1, -0.05) is 68.9 Å². The number of unbranched alkanes of at least 4 members (excludes halogenated alkanes) is 5. The van der Waals surface area contributed by atoms with Crippen LogP contribution in [0.3, 0.4) is 0 Å². The summed E-state index contributed by atoms with van der Waals surface area (Å²) < 4.78 is 10.6. The van der Waals surface area contributed by atoms with Gasteiger partial charge in [0.05, 0.1) is 7.11 Å². The Morgan fingerprint density at radius 1 is 0.976 bits per heavy atom. The first kappa shape index (κ1) is 34.0. The van der Waals surface area contributed by atoms with E-state index < -0.39 is 29.7 Å². The summed E-state index contributed by atoms with van der Waals surface area (Å²) in [4.78, 5) is 42.2. The lowest BCUT2D eigenvalue weighted by Gasteiger charge is -2.34. The molecule has 0 radical (unpaired) electrons. The lowest BCUT2D eigenvalue weighted by Crippen LogP contribution is -2.53. The predicted molar refractivity (Wildman–Crippen MR) is 168 cm³/mol. The highest BCUT2D eigenvalue weighted by atomic mass is 32.1. The molecule has 0 aromatic heterocycles. The molecule has 2 N–H and O–H groups in total. The Balaban J connectivity index is 2.43. The van der Waals surface area contributed by atoms with Gasteiger partial charge in [-0.15, -0.1) is 0 Å². The normalized spacial score (nSPS) is 12.7. The molecule has 9 heteroatoms. The van der Waals surface area contributed by atoms with Gasteiger partial charge in [0, 0.05) is 18.0 Å². The van der Waals surface area contributed by atoms with Gasteiger partial charge in [-0.25, -0.2) is 4.79 Å².